The summed E-state index contributed by atoms with van der Waals surface area (Å²) in [6.45, 7) is 4.00. The van der Waals surface area contributed by atoms with Crippen molar-refractivity contribution in [2.24, 2.45) is 11.8 Å². The van der Waals surface area contributed by atoms with Gasteiger partial charge in [0.15, 0.2) is 0 Å². The standard InChI is InChI=1S/C10H14O2/c1-7(5-10(11)12)3-4-9-6-8(9)2/h3-5,8-9H,6H2,1-2H3,(H,11,12)/b4-3+,7-5+. The summed E-state index contributed by atoms with van der Waals surface area (Å²) in [6, 6.07) is 0. The molecule has 2 heteroatoms. The van der Waals surface area contributed by atoms with Crippen molar-refractivity contribution in [3.05, 3.63) is 23.8 Å². The van der Waals surface area contributed by atoms with Gasteiger partial charge < -0.3 is 5.11 Å². The molecule has 1 N–H and O–H groups in total. The molecule has 1 saturated carbocycles. The number of carbonyl (C=O) groups is 1. The van der Waals surface area contributed by atoms with Crippen LogP contribution >= 0.6 is 0 Å². The second-order valence-corrected chi connectivity index (χ2v) is 3.46. The van der Waals surface area contributed by atoms with Crippen LogP contribution in [0.2, 0.25) is 0 Å². The van der Waals surface area contributed by atoms with Gasteiger partial charge in [0.2, 0.25) is 0 Å². The fraction of sp³-hybridized carbons (Fsp3) is 0.500. The Labute approximate surface area is 72.6 Å². The summed E-state index contributed by atoms with van der Waals surface area (Å²) < 4.78 is 0. The zero-order valence-corrected chi connectivity index (χ0v) is 7.45. The first-order chi connectivity index (χ1) is 5.59. The molecular weight excluding hydrogens is 152 g/mol. The minimum atomic E-state index is -0.874. The Balaban J connectivity index is 2.39. The van der Waals surface area contributed by atoms with Gasteiger partial charge in [-0.25, -0.2) is 4.79 Å². The molecular formula is C10H14O2. The quantitative estimate of drug-likeness (QED) is 0.515. The van der Waals surface area contributed by atoms with Gasteiger partial charge in [0, 0.05) is 6.08 Å². The van der Waals surface area contributed by atoms with E-state index < -0.39 is 5.97 Å². The Morgan fingerprint density at radius 2 is 2.17 bits per heavy atom. The number of rotatable bonds is 3. The molecule has 0 aliphatic heterocycles. The lowest BCUT2D eigenvalue weighted by Crippen LogP contribution is -1.87. The van der Waals surface area contributed by atoms with Gasteiger partial charge in [0.1, 0.15) is 0 Å². The van der Waals surface area contributed by atoms with Crippen molar-refractivity contribution in [1.29, 1.82) is 0 Å². The fourth-order valence-electron chi connectivity index (χ4n) is 1.14. The molecule has 2 atom stereocenters. The molecule has 1 aliphatic rings. The monoisotopic (exact) mass is 166 g/mol. The predicted octanol–water partition coefficient (Wildman–Crippen LogP) is 2.23. The minimum Gasteiger partial charge on any atom is -0.478 e. The maximum atomic E-state index is 10.2. The molecule has 0 amide bonds. The van der Waals surface area contributed by atoms with Gasteiger partial charge in [-0.3, -0.25) is 0 Å². The highest BCUT2D eigenvalue weighted by Gasteiger charge is 2.29. The first-order valence-electron chi connectivity index (χ1n) is 4.19. The Kier molecular flexibility index (Phi) is 2.69. The summed E-state index contributed by atoms with van der Waals surface area (Å²) in [5.74, 6) is 0.599. The molecule has 0 spiro atoms. The van der Waals surface area contributed by atoms with Crippen LogP contribution in [-0.2, 0) is 4.79 Å². The Morgan fingerprint density at radius 1 is 1.58 bits per heavy atom. The molecule has 0 saturated heterocycles. The molecule has 12 heavy (non-hydrogen) atoms. The van der Waals surface area contributed by atoms with Gasteiger partial charge in [-0.2, -0.15) is 0 Å². The second kappa shape index (κ2) is 3.57. The van der Waals surface area contributed by atoms with E-state index in [9.17, 15) is 4.79 Å². The lowest BCUT2D eigenvalue weighted by Gasteiger charge is -1.88. The van der Waals surface area contributed by atoms with E-state index in [-0.39, 0.29) is 0 Å². The molecule has 1 aliphatic carbocycles. The molecule has 0 bridgehead atoms. The molecule has 1 rings (SSSR count). The SMILES string of the molecule is CC(/C=C/C1CC1C)=C\C(=O)O. The Morgan fingerprint density at radius 3 is 2.58 bits per heavy atom. The highest BCUT2D eigenvalue weighted by Crippen LogP contribution is 2.38. The molecule has 66 valence electrons. The van der Waals surface area contributed by atoms with Gasteiger partial charge >= 0.3 is 5.97 Å². The highest BCUT2D eigenvalue weighted by atomic mass is 16.4. The molecule has 0 aromatic rings. The number of aliphatic carboxylic acids is 1. The maximum absolute atomic E-state index is 10.2. The summed E-state index contributed by atoms with van der Waals surface area (Å²) in [5.41, 5.74) is 0.807. The van der Waals surface area contributed by atoms with Crippen LogP contribution in [0.15, 0.2) is 23.8 Å². The molecule has 0 aromatic heterocycles. The first-order valence-corrected chi connectivity index (χ1v) is 4.19. The van der Waals surface area contributed by atoms with E-state index in [2.05, 4.69) is 13.0 Å². The molecule has 2 unspecified atom stereocenters. The third-order valence-electron chi connectivity index (χ3n) is 2.13. The van der Waals surface area contributed by atoms with E-state index in [1.54, 1.807) is 6.92 Å². The number of carboxylic acids is 1. The number of hydrogen-bond donors (Lipinski definition) is 1. The van der Waals surface area contributed by atoms with Crippen LogP contribution in [0.3, 0.4) is 0 Å². The summed E-state index contributed by atoms with van der Waals surface area (Å²) >= 11 is 0. The van der Waals surface area contributed by atoms with Crippen LogP contribution in [0.25, 0.3) is 0 Å². The average Bonchev–Trinajstić information content (AvgIpc) is 2.61. The van der Waals surface area contributed by atoms with E-state index in [0.717, 1.165) is 11.5 Å². The molecule has 0 radical (unpaired) electrons. The van der Waals surface area contributed by atoms with Crippen molar-refractivity contribution >= 4 is 5.97 Å². The van der Waals surface area contributed by atoms with Crippen LogP contribution < -0.4 is 0 Å². The van der Waals surface area contributed by atoms with Crippen molar-refractivity contribution in [3.63, 3.8) is 0 Å². The van der Waals surface area contributed by atoms with E-state index in [1.807, 2.05) is 6.08 Å². The van der Waals surface area contributed by atoms with Crippen LogP contribution in [0.4, 0.5) is 0 Å². The molecule has 0 aromatic carbocycles. The van der Waals surface area contributed by atoms with Crippen LogP contribution in [0, 0.1) is 11.8 Å². The highest BCUT2D eigenvalue weighted by molar-refractivity contribution is 5.81. The fourth-order valence-corrected chi connectivity index (χ4v) is 1.14. The first kappa shape index (κ1) is 9.04. The number of hydrogen-bond acceptors (Lipinski definition) is 1. The van der Waals surface area contributed by atoms with Crippen LogP contribution in [-0.4, -0.2) is 11.1 Å². The summed E-state index contributed by atoms with van der Waals surface area (Å²) in [6.07, 6.45) is 6.46. The molecule has 2 nitrogen and oxygen atoms in total. The van der Waals surface area contributed by atoms with Gasteiger partial charge in [0.05, 0.1) is 0 Å². The Hall–Kier alpha value is -1.05. The average molecular weight is 166 g/mol. The topological polar surface area (TPSA) is 37.3 Å². The Bertz CT molecular complexity index is 238. The molecule has 0 heterocycles. The summed E-state index contributed by atoms with van der Waals surface area (Å²) in [5, 5.41) is 8.41. The van der Waals surface area contributed by atoms with Crippen LogP contribution in [0.1, 0.15) is 20.3 Å². The lowest BCUT2D eigenvalue weighted by atomic mass is 10.2. The smallest absolute Gasteiger partial charge is 0.328 e. The minimum absolute atomic E-state index is 0.683. The summed E-state index contributed by atoms with van der Waals surface area (Å²) in [7, 11) is 0. The van der Waals surface area contributed by atoms with Gasteiger partial charge in [0.25, 0.3) is 0 Å². The van der Waals surface area contributed by atoms with Crippen LogP contribution in [0.5, 0.6) is 0 Å². The lowest BCUT2D eigenvalue weighted by molar-refractivity contribution is -0.131. The van der Waals surface area contributed by atoms with E-state index >= 15 is 0 Å². The van der Waals surface area contributed by atoms with E-state index in [1.165, 1.54) is 12.5 Å². The largest absolute Gasteiger partial charge is 0.478 e. The van der Waals surface area contributed by atoms with Crippen molar-refractivity contribution in [2.75, 3.05) is 0 Å². The third kappa shape index (κ3) is 2.91. The normalized spacial score (nSPS) is 29.3. The van der Waals surface area contributed by atoms with E-state index in [4.69, 9.17) is 5.11 Å². The number of carboxylic acid groups (broad SMARTS) is 1. The van der Waals surface area contributed by atoms with Crippen molar-refractivity contribution in [1.82, 2.24) is 0 Å². The second-order valence-electron chi connectivity index (χ2n) is 3.46. The summed E-state index contributed by atoms with van der Waals surface area (Å²) in [4.78, 5) is 10.2. The van der Waals surface area contributed by atoms with Crippen molar-refractivity contribution in [3.8, 4) is 0 Å². The molecule has 1 fully saturated rings. The predicted molar refractivity (Wildman–Crippen MR) is 47.8 cm³/mol. The zero-order chi connectivity index (χ0) is 9.14. The van der Waals surface area contributed by atoms with Gasteiger partial charge in [-0.1, -0.05) is 19.1 Å². The number of allylic oxidation sites excluding steroid dienone is 3. The maximum Gasteiger partial charge on any atom is 0.328 e. The van der Waals surface area contributed by atoms with E-state index in [0.29, 0.717) is 5.92 Å². The zero-order valence-electron chi connectivity index (χ0n) is 7.45. The third-order valence-corrected chi connectivity index (χ3v) is 2.13. The van der Waals surface area contributed by atoms with Crippen molar-refractivity contribution < 1.29 is 9.90 Å². The van der Waals surface area contributed by atoms with Crippen molar-refractivity contribution in [2.45, 2.75) is 20.3 Å². The van der Waals surface area contributed by atoms with Gasteiger partial charge in [-0.05, 0) is 30.8 Å². The van der Waals surface area contributed by atoms with Gasteiger partial charge in [-0.15, -0.1) is 0 Å².